The van der Waals surface area contributed by atoms with Crippen LogP contribution >= 0.6 is 11.8 Å². The Morgan fingerprint density at radius 2 is 2.00 bits per heavy atom. The first kappa shape index (κ1) is 12.6. The maximum absolute atomic E-state index is 10.9. The third-order valence-electron chi connectivity index (χ3n) is 2.38. The van der Waals surface area contributed by atoms with Gasteiger partial charge >= 0.3 is 5.97 Å². The van der Waals surface area contributed by atoms with Gasteiger partial charge < -0.3 is 5.11 Å². The first-order chi connectivity index (χ1) is 8.54. The van der Waals surface area contributed by atoms with Crippen LogP contribution in [0.2, 0.25) is 0 Å². The fraction of sp³-hybridized carbons (Fsp3) is 0.143. The van der Waals surface area contributed by atoms with Gasteiger partial charge in [0.25, 0.3) is 0 Å². The van der Waals surface area contributed by atoms with Crippen LogP contribution in [0.4, 0.5) is 0 Å². The van der Waals surface area contributed by atoms with Crippen molar-refractivity contribution in [3.05, 3.63) is 53.2 Å². The van der Waals surface area contributed by atoms with Crippen LogP contribution < -0.4 is 0 Å². The van der Waals surface area contributed by atoms with Crippen molar-refractivity contribution >= 4 is 17.7 Å². The fourth-order valence-electron chi connectivity index (χ4n) is 1.67. The molecule has 1 N–H and O–H groups in total. The summed E-state index contributed by atoms with van der Waals surface area (Å²) in [7, 11) is 0. The Labute approximate surface area is 110 Å². The highest BCUT2D eigenvalue weighted by Gasteiger charge is 2.05. The van der Waals surface area contributed by atoms with E-state index in [-0.39, 0.29) is 0 Å². The summed E-state index contributed by atoms with van der Waals surface area (Å²) in [5.74, 6) is -0.911. The lowest BCUT2D eigenvalue weighted by Gasteiger charge is -2.04. The van der Waals surface area contributed by atoms with E-state index < -0.39 is 5.97 Å². The van der Waals surface area contributed by atoms with Gasteiger partial charge in [0, 0.05) is 10.6 Å². The van der Waals surface area contributed by atoms with Gasteiger partial charge in [-0.1, -0.05) is 17.8 Å². The van der Waals surface area contributed by atoms with Crippen molar-refractivity contribution in [1.29, 1.82) is 0 Å². The van der Waals surface area contributed by atoms with Crippen LogP contribution in [-0.2, 0) is 0 Å². The molecule has 4 heteroatoms. The maximum Gasteiger partial charge on any atom is 0.335 e. The van der Waals surface area contributed by atoms with Crippen LogP contribution in [-0.4, -0.2) is 16.1 Å². The summed E-state index contributed by atoms with van der Waals surface area (Å²) in [6.07, 6.45) is 0. The van der Waals surface area contributed by atoms with Gasteiger partial charge in [0.15, 0.2) is 0 Å². The van der Waals surface area contributed by atoms with Gasteiger partial charge in [0.2, 0.25) is 0 Å². The number of carbonyl (C=O) groups is 1. The minimum atomic E-state index is -0.911. The summed E-state index contributed by atoms with van der Waals surface area (Å²) in [4.78, 5) is 16.2. The lowest BCUT2D eigenvalue weighted by Crippen LogP contribution is -1.95. The van der Waals surface area contributed by atoms with Crippen LogP contribution in [0.5, 0.6) is 0 Å². The van der Waals surface area contributed by atoms with Gasteiger partial charge in [-0.25, -0.2) is 9.78 Å². The Hall–Kier alpha value is -1.81. The van der Waals surface area contributed by atoms with Crippen molar-refractivity contribution < 1.29 is 9.90 Å². The van der Waals surface area contributed by atoms with Crippen LogP contribution in [0.15, 0.2) is 46.3 Å². The number of nitrogens with zero attached hydrogens (tertiary/aromatic N) is 1. The highest BCUT2D eigenvalue weighted by atomic mass is 32.2. The minimum absolute atomic E-state index is 0.296. The molecule has 1 aromatic carbocycles. The molecular weight excluding hydrogens is 246 g/mol. The third-order valence-corrected chi connectivity index (χ3v) is 3.29. The molecule has 0 spiro atoms. The molecule has 0 saturated carbocycles. The Bertz CT molecular complexity index is 576. The Kier molecular flexibility index (Phi) is 3.67. The highest BCUT2D eigenvalue weighted by molar-refractivity contribution is 7.99. The average molecular weight is 259 g/mol. The molecule has 0 amide bonds. The van der Waals surface area contributed by atoms with Crippen molar-refractivity contribution in [3.63, 3.8) is 0 Å². The second-order valence-electron chi connectivity index (χ2n) is 4.06. The standard InChI is InChI=1S/C14H13NO2S/c1-9-6-10(2)15-13(7-9)18-12-5-3-4-11(8-12)14(16)17/h3-8H,1-2H3,(H,16,17). The molecule has 92 valence electrons. The number of rotatable bonds is 3. The van der Waals surface area contributed by atoms with E-state index in [4.69, 9.17) is 5.11 Å². The van der Waals surface area contributed by atoms with Crippen molar-refractivity contribution in [2.24, 2.45) is 0 Å². The molecule has 1 aromatic heterocycles. The molecule has 0 radical (unpaired) electrons. The number of carboxylic acids is 1. The van der Waals surface area contributed by atoms with Gasteiger partial charge in [-0.2, -0.15) is 0 Å². The van der Waals surface area contributed by atoms with E-state index >= 15 is 0 Å². The number of aromatic carboxylic acids is 1. The zero-order valence-electron chi connectivity index (χ0n) is 10.2. The third kappa shape index (κ3) is 3.11. The predicted octanol–water partition coefficient (Wildman–Crippen LogP) is 3.55. The van der Waals surface area contributed by atoms with Crippen LogP contribution in [0.25, 0.3) is 0 Å². The molecule has 0 aliphatic heterocycles. The Morgan fingerprint density at radius 3 is 2.67 bits per heavy atom. The molecule has 1 heterocycles. The zero-order valence-corrected chi connectivity index (χ0v) is 11.0. The predicted molar refractivity (Wildman–Crippen MR) is 71.2 cm³/mol. The van der Waals surface area contributed by atoms with Gasteiger partial charge in [0.05, 0.1) is 5.56 Å². The summed E-state index contributed by atoms with van der Waals surface area (Å²) >= 11 is 1.47. The molecule has 0 aliphatic rings. The number of hydrogen-bond acceptors (Lipinski definition) is 3. The second kappa shape index (κ2) is 5.23. The largest absolute Gasteiger partial charge is 0.478 e. The molecule has 0 fully saturated rings. The maximum atomic E-state index is 10.9. The number of carboxylic acid groups (broad SMARTS) is 1. The number of benzene rings is 1. The van der Waals surface area contributed by atoms with Crippen molar-refractivity contribution in [1.82, 2.24) is 4.98 Å². The van der Waals surface area contributed by atoms with Gasteiger partial charge in [-0.3, -0.25) is 0 Å². The van der Waals surface area contributed by atoms with Gasteiger partial charge in [-0.15, -0.1) is 0 Å². The van der Waals surface area contributed by atoms with Crippen LogP contribution in [0.1, 0.15) is 21.6 Å². The second-order valence-corrected chi connectivity index (χ2v) is 5.15. The lowest BCUT2D eigenvalue weighted by atomic mass is 10.2. The molecular formula is C14H13NO2S. The molecule has 18 heavy (non-hydrogen) atoms. The molecule has 0 atom stereocenters. The van der Waals surface area contributed by atoms with E-state index in [1.165, 1.54) is 11.8 Å². The van der Waals surface area contributed by atoms with Crippen molar-refractivity contribution in [2.75, 3.05) is 0 Å². The average Bonchev–Trinajstić information content (AvgIpc) is 2.27. The normalized spacial score (nSPS) is 10.3. The first-order valence-electron chi connectivity index (χ1n) is 5.51. The van der Waals surface area contributed by atoms with Gasteiger partial charge in [0.1, 0.15) is 5.03 Å². The summed E-state index contributed by atoms with van der Waals surface area (Å²) in [5, 5.41) is 9.82. The van der Waals surface area contributed by atoms with E-state index in [0.29, 0.717) is 5.56 Å². The van der Waals surface area contributed by atoms with Crippen molar-refractivity contribution in [3.8, 4) is 0 Å². The fourth-order valence-corrected chi connectivity index (χ4v) is 2.68. The number of aryl methyl sites for hydroxylation is 2. The quantitative estimate of drug-likeness (QED) is 0.915. The Balaban J connectivity index is 2.28. The van der Waals surface area contributed by atoms with E-state index in [0.717, 1.165) is 21.2 Å². The zero-order chi connectivity index (χ0) is 13.1. The molecule has 0 bridgehead atoms. The molecule has 2 aromatic rings. The first-order valence-corrected chi connectivity index (χ1v) is 6.33. The number of aromatic nitrogens is 1. The highest BCUT2D eigenvalue weighted by Crippen LogP contribution is 2.27. The SMILES string of the molecule is Cc1cc(C)nc(Sc2cccc(C(=O)O)c2)c1. The van der Waals surface area contributed by atoms with E-state index in [1.807, 2.05) is 32.0 Å². The van der Waals surface area contributed by atoms with Crippen molar-refractivity contribution in [2.45, 2.75) is 23.8 Å². The summed E-state index contributed by atoms with van der Waals surface area (Å²) < 4.78 is 0. The minimum Gasteiger partial charge on any atom is -0.478 e. The van der Waals surface area contributed by atoms with Gasteiger partial charge in [-0.05, 0) is 49.7 Å². The molecule has 0 aliphatic carbocycles. The smallest absolute Gasteiger partial charge is 0.335 e. The lowest BCUT2D eigenvalue weighted by molar-refractivity contribution is 0.0696. The van der Waals surface area contributed by atoms with Crippen LogP contribution in [0, 0.1) is 13.8 Å². The molecule has 0 unspecified atom stereocenters. The number of hydrogen-bond donors (Lipinski definition) is 1. The summed E-state index contributed by atoms with van der Waals surface area (Å²) in [6, 6.07) is 10.9. The molecule has 2 rings (SSSR count). The Morgan fingerprint density at radius 1 is 1.22 bits per heavy atom. The summed E-state index contributed by atoms with van der Waals surface area (Å²) in [5.41, 5.74) is 2.41. The van der Waals surface area contributed by atoms with E-state index in [9.17, 15) is 4.79 Å². The molecule has 0 saturated heterocycles. The van der Waals surface area contributed by atoms with Crippen LogP contribution in [0.3, 0.4) is 0 Å². The van der Waals surface area contributed by atoms with E-state index in [1.54, 1.807) is 18.2 Å². The number of pyridine rings is 1. The molecule has 3 nitrogen and oxygen atoms in total. The monoisotopic (exact) mass is 259 g/mol. The van der Waals surface area contributed by atoms with E-state index in [2.05, 4.69) is 4.98 Å². The topological polar surface area (TPSA) is 50.2 Å². The summed E-state index contributed by atoms with van der Waals surface area (Å²) in [6.45, 7) is 3.97.